The highest BCUT2D eigenvalue weighted by Gasteiger charge is 2.27. The molecule has 0 unspecified atom stereocenters. The lowest BCUT2D eigenvalue weighted by molar-refractivity contribution is 0.314. The molecule has 0 spiro atoms. The zero-order chi connectivity index (χ0) is 10.1. The predicted molar refractivity (Wildman–Crippen MR) is 57.1 cm³/mol. The van der Waals surface area contributed by atoms with E-state index in [-0.39, 0.29) is 0 Å². The van der Waals surface area contributed by atoms with E-state index in [4.69, 9.17) is 5.41 Å². The maximum Gasteiger partial charge on any atom is 0.0332 e. The Kier molecular flexibility index (Phi) is 2.79. The van der Waals surface area contributed by atoms with Gasteiger partial charge in [0.15, 0.2) is 0 Å². The molecule has 0 radical (unpaired) electrons. The average molecular weight is 180 g/mol. The summed E-state index contributed by atoms with van der Waals surface area (Å²) in [6.45, 7) is 6.44. The quantitative estimate of drug-likeness (QED) is 0.630. The minimum Gasteiger partial charge on any atom is -0.391 e. The molecule has 1 rings (SSSR count). The molecule has 2 nitrogen and oxygen atoms in total. The van der Waals surface area contributed by atoms with Crippen LogP contribution in [0.15, 0.2) is 11.3 Å². The molecular weight excluding hydrogens is 160 g/mol. The standard InChI is InChI=1S/C11H20N2/c1-8(12)9-7-11(2,3)6-5-10(9)13-4/h12-13H,5-7H2,1-4H3. The molecule has 13 heavy (non-hydrogen) atoms. The van der Waals surface area contributed by atoms with Crippen molar-refractivity contribution < 1.29 is 0 Å². The van der Waals surface area contributed by atoms with Crippen molar-refractivity contribution in [3.8, 4) is 0 Å². The van der Waals surface area contributed by atoms with Crippen LogP contribution in [0.4, 0.5) is 0 Å². The van der Waals surface area contributed by atoms with E-state index in [1.54, 1.807) is 0 Å². The molecule has 0 saturated heterocycles. The first kappa shape index (κ1) is 10.3. The molecule has 2 heteroatoms. The molecule has 1 aliphatic carbocycles. The summed E-state index contributed by atoms with van der Waals surface area (Å²) in [6.07, 6.45) is 3.35. The summed E-state index contributed by atoms with van der Waals surface area (Å²) in [6, 6.07) is 0. The van der Waals surface area contributed by atoms with Gasteiger partial charge >= 0.3 is 0 Å². The number of hydrogen-bond donors (Lipinski definition) is 2. The summed E-state index contributed by atoms with van der Waals surface area (Å²) in [5, 5.41) is 10.9. The summed E-state index contributed by atoms with van der Waals surface area (Å²) in [5.74, 6) is 0. The first-order valence-electron chi connectivity index (χ1n) is 4.91. The molecule has 0 fully saturated rings. The fraction of sp³-hybridized carbons (Fsp3) is 0.727. The van der Waals surface area contributed by atoms with Crippen molar-refractivity contribution in [2.75, 3.05) is 7.05 Å². The van der Waals surface area contributed by atoms with Crippen molar-refractivity contribution in [1.29, 1.82) is 5.41 Å². The molecule has 0 atom stereocenters. The Morgan fingerprint density at radius 1 is 1.46 bits per heavy atom. The van der Waals surface area contributed by atoms with E-state index in [1.165, 1.54) is 17.7 Å². The zero-order valence-corrected chi connectivity index (χ0v) is 9.12. The van der Waals surface area contributed by atoms with E-state index in [0.717, 1.165) is 18.6 Å². The van der Waals surface area contributed by atoms with Crippen LogP contribution in [0.5, 0.6) is 0 Å². The van der Waals surface area contributed by atoms with Gasteiger partial charge in [0.25, 0.3) is 0 Å². The molecule has 74 valence electrons. The van der Waals surface area contributed by atoms with Crippen LogP contribution in [0.25, 0.3) is 0 Å². The number of hydrogen-bond acceptors (Lipinski definition) is 2. The topological polar surface area (TPSA) is 35.9 Å². The van der Waals surface area contributed by atoms with Gasteiger partial charge in [0.2, 0.25) is 0 Å². The van der Waals surface area contributed by atoms with Crippen molar-refractivity contribution in [1.82, 2.24) is 5.32 Å². The Labute approximate surface area is 80.9 Å². The summed E-state index contributed by atoms with van der Waals surface area (Å²) >= 11 is 0. The minimum atomic E-state index is 0.373. The first-order valence-corrected chi connectivity index (χ1v) is 4.91. The Hall–Kier alpha value is -0.790. The van der Waals surface area contributed by atoms with Crippen LogP contribution in [0.2, 0.25) is 0 Å². The third kappa shape index (κ3) is 2.33. The lowest BCUT2D eigenvalue weighted by atomic mass is 9.75. The van der Waals surface area contributed by atoms with Crippen LogP contribution in [-0.4, -0.2) is 12.8 Å². The normalized spacial score (nSPS) is 21.5. The number of allylic oxidation sites excluding steroid dienone is 2. The molecule has 0 heterocycles. The van der Waals surface area contributed by atoms with E-state index in [2.05, 4.69) is 19.2 Å². The summed E-state index contributed by atoms with van der Waals surface area (Å²) < 4.78 is 0. The van der Waals surface area contributed by atoms with Gasteiger partial charge in [-0.2, -0.15) is 0 Å². The summed E-state index contributed by atoms with van der Waals surface area (Å²) in [4.78, 5) is 0. The minimum absolute atomic E-state index is 0.373. The largest absolute Gasteiger partial charge is 0.391 e. The monoisotopic (exact) mass is 180 g/mol. The van der Waals surface area contributed by atoms with Crippen molar-refractivity contribution in [3.05, 3.63) is 11.3 Å². The van der Waals surface area contributed by atoms with Crippen LogP contribution < -0.4 is 5.32 Å². The van der Waals surface area contributed by atoms with Gasteiger partial charge in [-0.25, -0.2) is 0 Å². The maximum absolute atomic E-state index is 7.70. The van der Waals surface area contributed by atoms with Gasteiger partial charge in [-0.05, 0) is 37.2 Å². The van der Waals surface area contributed by atoms with Crippen molar-refractivity contribution >= 4 is 5.71 Å². The zero-order valence-electron chi connectivity index (χ0n) is 9.12. The van der Waals surface area contributed by atoms with Gasteiger partial charge in [-0.15, -0.1) is 0 Å². The third-order valence-electron chi connectivity index (χ3n) is 2.83. The van der Waals surface area contributed by atoms with Crippen LogP contribution in [0.1, 0.15) is 40.0 Å². The fourth-order valence-electron chi connectivity index (χ4n) is 1.92. The molecule has 0 aromatic carbocycles. The van der Waals surface area contributed by atoms with Gasteiger partial charge in [-0.1, -0.05) is 13.8 Å². The van der Waals surface area contributed by atoms with E-state index >= 15 is 0 Å². The highest BCUT2D eigenvalue weighted by Crippen LogP contribution is 2.37. The molecule has 2 N–H and O–H groups in total. The molecule has 0 aromatic rings. The predicted octanol–water partition coefficient (Wildman–Crippen LogP) is 2.71. The average Bonchev–Trinajstić information content (AvgIpc) is 2.03. The van der Waals surface area contributed by atoms with Crippen molar-refractivity contribution in [3.63, 3.8) is 0 Å². The van der Waals surface area contributed by atoms with Crippen LogP contribution in [0.3, 0.4) is 0 Å². The van der Waals surface area contributed by atoms with Crippen molar-refractivity contribution in [2.45, 2.75) is 40.0 Å². The molecule has 0 saturated carbocycles. The lowest BCUT2D eigenvalue weighted by Crippen LogP contribution is -2.25. The maximum atomic E-state index is 7.70. The second-order valence-corrected chi connectivity index (χ2v) is 4.67. The molecular formula is C11H20N2. The number of nitrogens with one attached hydrogen (secondary N) is 2. The van der Waals surface area contributed by atoms with Gasteiger partial charge in [0, 0.05) is 18.5 Å². The van der Waals surface area contributed by atoms with Crippen molar-refractivity contribution in [2.24, 2.45) is 5.41 Å². The molecule has 0 aliphatic heterocycles. The molecule has 0 bridgehead atoms. The van der Waals surface area contributed by atoms with E-state index in [0.29, 0.717) is 5.41 Å². The lowest BCUT2D eigenvalue weighted by Gasteiger charge is -2.32. The summed E-state index contributed by atoms with van der Waals surface area (Å²) in [7, 11) is 1.95. The first-order chi connectivity index (χ1) is 5.96. The second-order valence-electron chi connectivity index (χ2n) is 4.67. The molecule has 1 aliphatic rings. The van der Waals surface area contributed by atoms with Gasteiger partial charge in [-0.3, -0.25) is 0 Å². The SMILES string of the molecule is CNC1=C(C(C)=N)CC(C)(C)CC1. The Morgan fingerprint density at radius 3 is 2.54 bits per heavy atom. The fourth-order valence-corrected chi connectivity index (χ4v) is 1.92. The van der Waals surface area contributed by atoms with Crippen LogP contribution in [-0.2, 0) is 0 Å². The van der Waals surface area contributed by atoms with Crippen LogP contribution >= 0.6 is 0 Å². The Balaban J connectivity index is 2.93. The molecule has 0 amide bonds. The summed E-state index contributed by atoms with van der Waals surface area (Å²) in [5.41, 5.74) is 3.58. The second kappa shape index (κ2) is 3.52. The van der Waals surface area contributed by atoms with Crippen LogP contribution in [0, 0.1) is 10.8 Å². The third-order valence-corrected chi connectivity index (χ3v) is 2.83. The van der Waals surface area contributed by atoms with E-state index in [1.807, 2.05) is 14.0 Å². The number of rotatable bonds is 2. The van der Waals surface area contributed by atoms with Gasteiger partial charge in [0.1, 0.15) is 0 Å². The van der Waals surface area contributed by atoms with E-state index in [9.17, 15) is 0 Å². The highest BCUT2D eigenvalue weighted by molar-refractivity contribution is 5.96. The Bertz CT molecular complexity index is 249. The highest BCUT2D eigenvalue weighted by atomic mass is 14.8. The van der Waals surface area contributed by atoms with Gasteiger partial charge in [0.05, 0.1) is 0 Å². The Morgan fingerprint density at radius 2 is 2.08 bits per heavy atom. The molecule has 0 aromatic heterocycles. The van der Waals surface area contributed by atoms with Gasteiger partial charge < -0.3 is 10.7 Å². The smallest absolute Gasteiger partial charge is 0.0332 e. The van der Waals surface area contributed by atoms with E-state index < -0.39 is 0 Å².